The Morgan fingerprint density at radius 1 is 1.30 bits per heavy atom. The van der Waals surface area contributed by atoms with Crippen molar-refractivity contribution in [2.75, 3.05) is 13.7 Å². The van der Waals surface area contributed by atoms with Crippen LogP contribution in [0, 0.1) is 0 Å². The van der Waals surface area contributed by atoms with Crippen LogP contribution in [0.4, 0.5) is 0 Å². The Labute approximate surface area is 133 Å². The van der Waals surface area contributed by atoms with E-state index >= 15 is 0 Å². The summed E-state index contributed by atoms with van der Waals surface area (Å²) in [5.41, 5.74) is 0.990. The minimum Gasteiger partial charge on any atom is -0.493 e. The molecule has 0 radical (unpaired) electrons. The molecule has 1 aliphatic rings. The van der Waals surface area contributed by atoms with Gasteiger partial charge in [-0.25, -0.2) is 13.2 Å². The molecule has 0 amide bonds. The van der Waals surface area contributed by atoms with Crippen molar-refractivity contribution in [1.82, 2.24) is 4.31 Å². The van der Waals surface area contributed by atoms with E-state index in [9.17, 15) is 13.2 Å². The number of hydrogen-bond acceptors (Lipinski definition) is 5. The Hall–Kier alpha value is -2.32. The molecule has 0 atom stereocenters. The van der Waals surface area contributed by atoms with Crippen molar-refractivity contribution in [2.24, 2.45) is 0 Å². The van der Waals surface area contributed by atoms with Crippen molar-refractivity contribution in [2.45, 2.75) is 17.9 Å². The van der Waals surface area contributed by atoms with Gasteiger partial charge in [0, 0.05) is 19.5 Å². The summed E-state index contributed by atoms with van der Waals surface area (Å²) >= 11 is 0. The molecule has 2 aromatic rings. The lowest BCUT2D eigenvalue weighted by Gasteiger charge is -2.16. The Morgan fingerprint density at radius 3 is 2.78 bits per heavy atom. The first-order valence-corrected chi connectivity index (χ1v) is 8.36. The number of carboxylic acids is 1. The number of benzene rings is 1. The summed E-state index contributed by atoms with van der Waals surface area (Å²) in [4.78, 5) is 10.9. The normalized spacial score (nSPS) is 13.8. The van der Waals surface area contributed by atoms with E-state index in [4.69, 9.17) is 14.3 Å². The van der Waals surface area contributed by atoms with E-state index in [1.807, 2.05) is 0 Å². The lowest BCUT2D eigenvalue weighted by atomic mass is 10.2. The van der Waals surface area contributed by atoms with Gasteiger partial charge in [0.15, 0.2) is 0 Å². The van der Waals surface area contributed by atoms with E-state index in [1.165, 1.54) is 25.2 Å². The molecule has 1 N–H and O–H groups in total. The topological polar surface area (TPSA) is 97.0 Å². The minimum atomic E-state index is -3.72. The third-order valence-electron chi connectivity index (χ3n) is 3.63. The zero-order chi connectivity index (χ0) is 16.6. The van der Waals surface area contributed by atoms with E-state index in [0.717, 1.165) is 16.3 Å². The summed E-state index contributed by atoms with van der Waals surface area (Å²) in [6.07, 6.45) is 0.774. The van der Waals surface area contributed by atoms with Crippen LogP contribution in [0.1, 0.15) is 21.9 Å². The molecule has 1 aromatic heterocycles. The minimum absolute atomic E-state index is 0.0619. The molecule has 0 saturated carbocycles. The summed E-state index contributed by atoms with van der Waals surface area (Å²) in [6.45, 7) is 0.493. The van der Waals surface area contributed by atoms with Crippen molar-refractivity contribution >= 4 is 16.0 Å². The van der Waals surface area contributed by atoms with Gasteiger partial charge in [0.05, 0.1) is 18.0 Å². The van der Waals surface area contributed by atoms with Gasteiger partial charge < -0.3 is 14.3 Å². The molecule has 122 valence electrons. The highest BCUT2D eigenvalue weighted by molar-refractivity contribution is 7.89. The van der Waals surface area contributed by atoms with Crippen molar-refractivity contribution in [3.05, 3.63) is 47.4 Å². The predicted molar refractivity (Wildman–Crippen MR) is 80.0 cm³/mol. The average Bonchev–Trinajstić information content (AvgIpc) is 3.14. The first-order chi connectivity index (χ1) is 10.9. The second-order valence-corrected chi connectivity index (χ2v) is 7.25. The van der Waals surface area contributed by atoms with Crippen molar-refractivity contribution in [3.63, 3.8) is 0 Å². The fourth-order valence-electron chi connectivity index (χ4n) is 2.37. The third kappa shape index (κ3) is 2.95. The summed E-state index contributed by atoms with van der Waals surface area (Å²) in [6, 6.07) is 7.55. The number of carbonyl (C=O) groups is 1. The van der Waals surface area contributed by atoms with Crippen LogP contribution in [0.2, 0.25) is 0 Å². The molecule has 0 unspecified atom stereocenters. The van der Waals surface area contributed by atoms with Crippen LogP contribution >= 0.6 is 0 Å². The highest BCUT2D eigenvalue weighted by Crippen LogP contribution is 2.29. The molecule has 2 heterocycles. The zero-order valence-corrected chi connectivity index (χ0v) is 13.2. The molecule has 0 spiro atoms. The van der Waals surface area contributed by atoms with Gasteiger partial charge in [-0.15, -0.1) is 0 Å². The first-order valence-electron chi connectivity index (χ1n) is 6.92. The number of sulfonamides is 1. The third-order valence-corrected chi connectivity index (χ3v) is 5.43. The Morgan fingerprint density at radius 2 is 2.09 bits per heavy atom. The number of furan rings is 1. The number of aromatic carboxylic acids is 1. The Kier molecular flexibility index (Phi) is 3.87. The van der Waals surface area contributed by atoms with Gasteiger partial charge in [-0.2, -0.15) is 4.31 Å². The number of ether oxygens (including phenoxy) is 1. The number of carboxylic acid groups (broad SMARTS) is 1. The van der Waals surface area contributed by atoms with Crippen LogP contribution in [0.5, 0.6) is 5.75 Å². The molecule has 0 fully saturated rings. The molecule has 0 bridgehead atoms. The second kappa shape index (κ2) is 5.71. The van der Waals surface area contributed by atoms with Gasteiger partial charge in [-0.1, -0.05) is 6.07 Å². The summed E-state index contributed by atoms with van der Waals surface area (Å²) in [5, 5.41) is 8.82. The predicted octanol–water partition coefficient (Wildman–Crippen LogP) is 1.73. The molecule has 7 nitrogen and oxygen atoms in total. The smallest absolute Gasteiger partial charge is 0.371 e. The molecule has 3 rings (SSSR count). The van der Waals surface area contributed by atoms with Gasteiger partial charge in [-0.3, -0.25) is 0 Å². The summed E-state index contributed by atoms with van der Waals surface area (Å²) < 4.78 is 36.8. The van der Waals surface area contributed by atoms with Crippen LogP contribution in [-0.2, 0) is 23.0 Å². The zero-order valence-electron chi connectivity index (χ0n) is 12.4. The number of rotatable bonds is 5. The highest BCUT2D eigenvalue weighted by atomic mass is 32.2. The van der Waals surface area contributed by atoms with Crippen LogP contribution < -0.4 is 4.74 Å². The standard InChI is InChI=1S/C15H15NO6S/c1-16(9-11-3-5-13(22-11)15(17)18)23(19,20)12-4-2-10-6-7-21-14(10)8-12/h2-5,8H,6-7,9H2,1H3,(H,17,18). The van der Waals surface area contributed by atoms with E-state index in [2.05, 4.69) is 0 Å². The van der Waals surface area contributed by atoms with Gasteiger partial charge in [0.25, 0.3) is 0 Å². The Balaban J connectivity index is 1.82. The molecule has 8 heteroatoms. The number of nitrogens with zero attached hydrogens (tertiary/aromatic N) is 1. The average molecular weight is 337 g/mol. The van der Waals surface area contributed by atoms with Gasteiger partial charge in [0.2, 0.25) is 15.8 Å². The largest absolute Gasteiger partial charge is 0.493 e. The maximum absolute atomic E-state index is 12.6. The van der Waals surface area contributed by atoms with Crippen LogP contribution in [0.25, 0.3) is 0 Å². The van der Waals surface area contributed by atoms with Gasteiger partial charge in [-0.05, 0) is 23.8 Å². The quantitative estimate of drug-likeness (QED) is 0.892. The van der Waals surface area contributed by atoms with Crippen LogP contribution in [0.3, 0.4) is 0 Å². The SMILES string of the molecule is CN(Cc1ccc(C(=O)O)o1)S(=O)(=O)c1ccc2c(c1)OCC2. The van der Waals surface area contributed by atoms with Crippen molar-refractivity contribution in [3.8, 4) is 5.75 Å². The first kappa shape index (κ1) is 15.6. The number of hydrogen-bond donors (Lipinski definition) is 1. The van der Waals surface area contributed by atoms with E-state index in [1.54, 1.807) is 12.1 Å². The van der Waals surface area contributed by atoms with E-state index in [0.29, 0.717) is 12.4 Å². The maximum Gasteiger partial charge on any atom is 0.371 e. The van der Waals surface area contributed by atoms with Crippen molar-refractivity contribution in [1.29, 1.82) is 0 Å². The second-order valence-electron chi connectivity index (χ2n) is 5.20. The Bertz CT molecular complexity index is 855. The van der Waals surface area contributed by atoms with Gasteiger partial charge in [0.1, 0.15) is 11.5 Å². The van der Waals surface area contributed by atoms with E-state index in [-0.39, 0.29) is 23.0 Å². The highest BCUT2D eigenvalue weighted by Gasteiger charge is 2.25. The fraction of sp³-hybridized carbons (Fsp3) is 0.267. The summed E-state index contributed by atoms with van der Waals surface area (Å²) in [7, 11) is -2.31. The fourth-order valence-corrected chi connectivity index (χ4v) is 3.52. The monoisotopic (exact) mass is 337 g/mol. The van der Waals surface area contributed by atoms with Crippen LogP contribution in [-0.4, -0.2) is 37.5 Å². The maximum atomic E-state index is 12.6. The molecule has 0 saturated heterocycles. The lowest BCUT2D eigenvalue weighted by molar-refractivity contribution is 0.0659. The lowest BCUT2D eigenvalue weighted by Crippen LogP contribution is -2.26. The van der Waals surface area contributed by atoms with Gasteiger partial charge >= 0.3 is 5.97 Å². The molecular weight excluding hydrogens is 322 g/mol. The summed E-state index contributed by atoms with van der Waals surface area (Å²) in [5.74, 6) is -0.578. The molecule has 0 aliphatic carbocycles. The molecule has 1 aromatic carbocycles. The molecule has 1 aliphatic heterocycles. The van der Waals surface area contributed by atoms with Crippen molar-refractivity contribution < 1.29 is 27.5 Å². The number of fused-ring (bicyclic) bond motifs is 1. The molecular formula is C15H15NO6S. The van der Waals surface area contributed by atoms with E-state index < -0.39 is 16.0 Å². The molecule has 23 heavy (non-hydrogen) atoms. The van der Waals surface area contributed by atoms with Crippen LogP contribution in [0.15, 0.2) is 39.6 Å².